The van der Waals surface area contributed by atoms with E-state index in [-0.39, 0.29) is 11.5 Å². The van der Waals surface area contributed by atoms with Crippen molar-refractivity contribution in [2.24, 2.45) is 0 Å². The lowest BCUT2D eigenvalue weighted by Crippen LogP contribution is -3.15. The predicted octanol–water partition coefficient (Wildman–Crippen LogP) is 1.52. The Labute approximate surface area is 169 Å². The standard InChI is InChI=1S/C23H24N2O4/c1-17-6-8-19(9-7-17)28-15-14-24-10-12-25(13-11-24)22(26)20-16-18-4-2-3-5-21(18)29-23(20)27/h2-9,16H,10-15H2,1H3/p+1. The summed E-state index contributed by atoms with van der Waals surface area (Å²) in [6.45, 7) is 6.48. The molecule has 0 atom stereocenters. The minimum atomic E-state index is -0.574. The number of ether oxygens (including phenoxy) is 1. The van der Waals surface area contributed by atoms with Gasteiger partial charge in [-0.15, -0.1) is 0 Å². The van der Waals surface area contributed by atoms with Crippen molar-refractivity contribution in [2.75, 3.05) is 39.3 Å². The monoisotopic (exact) mass is 393 g/mol. The highest BCUT2D eigenvalue weighted by atomic mass is 16.5. The van der Waals surface area contributed by atoms with Crippen LogP contribution in [0, 0.1) is 6.92 Å². The number of benzene rings is 2. The van der Waals surface area contributed by atoms with Gasteiger partial charge in [0.15, 0.2) is 0 Å². The van der Waals surface area contributed by atoms with Gasteiger partial charge in [-0.05, 0) is 31.2 Å². The van der Waals surface area contributed by atoms with E-state index in [9.17, 15) is 9.59 Å². The number of piperazine rings is 1. The number of quaternary nitrogens is 1. The Morgan fingerprint density at radius 1 is 1.10 bits per heavy atom. The molecule has 0 unspecified atom stereocenters. The molecular formula is C23H25N2O4+. The molecule has 29 heavy (non-hydrogen) atoms. The van der Waals surface area contributed by atoms with Gasteiger partial charge in [-0.3, -0.25) is 4.79 Å². The molecule has 6 nitrogen and oxygen atoms in total. The Morgan fingerprint density at radius 3 is 2.59 bits per heavy atom. The minimum Gasteiger partial charge on any atom is -0.488 e. The number of hydrogen-bond donors (Lipinski definition) is 1. The van der Waals surface area contributed by atoms with Gasteiger partial charge < -0.3 is 19.0 Å². The molecule has 1 aliphatic rings. The second-order valence-corrected chi connectivity index (χ2v) is 7.44. The number of carbonyl (C=O) groups excluding carboxylic acids is 1. The first-order chi connectivity index (χ1) is 14.1. The molecule has 3 aromatic rings. The summed E-state index contributed by atoms with van der Waals surface area (Å²) in [5.74, 6) is 0.631. The summed E-state index contributed by atoms with van der Waals surface area (Å²) in [6, 6.07) is 16.9. The van der Waals surface area contributed by atoms with E-state index in [1.165, 1.54) is 10.5 Å². The molecule has 1 amide bonds. The van der Waals surface area contributed by atoms with Crippen LogP contribution in [-0.4, -0.2) is 50.1 Å². The molecule has 2 heterocycles. The van der Waals surface area contributed by atoms with E-state index >= 15 is 0 Å². The molecule has 0 aliphatic carbocycles. The van der Waals surface area contributed by atoms with Crippen molar-refractivity contribution in [1.29, 1.82) is 0 Å². The summed E-state index contributed by atoms with van der Waals surface area (Å²) < 4.78 is 11.1. The second kappa shape index (κ2) is 8.49. The van der Waals surface area contributed by atoms with Crippen LogP contribution in [0.2, 0.25) is 0 Å². The Kier molecular flexibility index (Phi) is 5.62. The SMILES string of the molecule is Cc1ccc(OCC[NH+]2CCN(C(=O)c3cc4ccccc4oc3=O)CC2)cc1. The van der Waals surface area contributed by atoms with Crippen molar-refractivity contribution < 1.29 is 18.8 Å². The van der Waals surface area contributed by atoms with Gasteiger partial charge in [0.25, 0.3) is 5.91 Å². The number of carbonyl (C=O) groups is 1. The first kappa shape index (κ1) is 19.2. The fraction of sp³-hybridized carbons (Fsp3) is 0.304. The van der Waals surface area contributed by atoms with Crippen LogP contribution >= 0.6 is 0 Å². The molecule has 6 heteroatoms. The van der Waals surface area contributed by atoms with Gasteiger partial charge in [0, 0.05) is 5.39 Å². The van der Waals surface area contributed by atoms with Crippen LogP contribution in [0.15, 0.2) is 63.8 Å². The molecule has 1 N–H and O–H groups in total. The maximum Gasteiger partial charge on any atom is 0.349 e. The molecule has 1 saturated heterocycles. The van der Waals surface area contributed by atoms with Gasteiger partial charge in [-0.2, -0.15) is 0 Å². The van der Waals surface area contributed by atoms with E-state index in [1.807, 2.05) is 36.4 Å². The van der Waals surface area contributed by atoms with E-state index < -0.39 is 5.63 Å². The van der Waals surface area contributed by atoms with Gasteiger partial charge in [0.2, 0.25) is 0 Å². The van der Waals surface area contributed by atoms with E-state index in [0.29, 0.717) is 25.3 Å². The molecule has 1 aliphatic heterocycles. The van der Waals surface area contributed by atoms with Crippen LogP contribution in [0.1, 0.15) is 15.9 Å². The van der Waals surface area contributed by atoms with Gasteiger partial charge in [0.05, 0.1) is 26.2 Å². The number of nitrogens with one attached hydrogen (secondary N) is 1. The smallest absolute Gasteiger partial charge is 0.349 e. The van der Waals surface area contributed by atoms with Crippen LogP contribution in [0.25, 0.3) is 11.0 Å². The zero-order chi connectivity index (χ0) is 20.2. The molecule has 0 spiro atoms. The van der Waals surface area contributed by atoms with Crippen LogP contribution in [-0.2, 0) is 0 Å². The van der Waals surface area contributed by atoms with E-state index in [4.69, 9.17) is 9.15 Å². The van der Waals surface area contributed by atoms with Crippen molar-refractivity contribution in [1.82, 2.24) is 4.90 Å². The minimum absolute atomic E-state index is 0.106. The Morgan fingerprint density at radius 2 is 1.83 bits per heavy atom. The summed E-state index contributed by atoms with van der Waals surface area (Å²) in [5, 5.41) is 0.757. The third kappa shape index (κ3) is 4.49. The largest absolute Gasteiger partial charge is 0.488 e. The Hall–Kier alpha value is -3.12. The average molecular weight is 393 g/mol. The number of rotatable bonds is 5. The molecule has 0 bridgehead atoms. The van der Waals surface area contributed by atoms with E-state index in [1.54, 1.807) is 23.1 Å². The number of amides is 1. The second-order valence-electron chi connectivity index (χ2n) is 7.44. The molecule has 0 radical (unpaired) electrons. The number of para-hydroxylation sites is 1. The fourth-order valence-electron chi connectivity index (χ4n) is 3.61. The van der Waals surface area contributed by atoms with Crippen LogP contribution < -0.4 is 15.3 Å². The topological polar surface area (TPSA) is 64.2 Å². The maximum absolute atomic E-state index is 12.8. The number of aryl methyl sites for hydroxylation is 1. The first-order valence-corrected chi connectivity index (χ1v) is 9.95. The van der Waals surface area contributed by atoms with Crippen molar-refractivity contribution >= 4 is 16.9 Å². The van der Waals surface area contributed by atoms with Crippen molar-refractivity contribution in [2.45, 2.75) is 6.92 Å². The number of fused-ring (bicyclic) bond motifs is 1. The molecule has 150 valence electrons. The zero-order valence-corrected chi connectivity index (χ0v) is 16.5. The highest BCUT2D eigenvalue weighted by Crippen LogP contribution is 2.14. The average Bonchev–Trinajstić information content (AvgIpc) is 2.75. The van der Waals surface area contributed by atoms with E-state index in [0.717, 1.165) is 30.8 Å². The fourth-order valence-corrected chi connectivity index (χ4v) is 3.61. The van der Waals surface area contributed by atoms with Crippen molar-refractivity contribution in [3.63, 3.8) is 0 Å². The maximum atomic E-state index is 12.8. The molecular weight excluding hydrogens is 368 g/mol. The lowest BCUT2D eigenvalue weighted by atomic mass is 10.1. The first-order valence-electron chi connectivity index (χ1n) is 9.95. The van der Waals surface area contributed by atoms with Crippen LogP contribution in [0.3, 0.4) is 0 Å². The summed E-state index contributed by atoms with van der Waals surface area (Å²) in [4.78, 5) is 28.2. The van der Waals surface area contributed by atoms with Crippen molar-refractivity contribution in [3.8, 4) is 5.75 Å². The lowest BCUT2D eigenvalue weighted by Gasteiger charge is -2.32. The third-order valence-corrected chi connectivity index (χ3v) is 5.37. The highest BCUT2D eigenvalue weighted by Gasteiger charge is 2.26. The third-order valence-electron chi connectivity index (χ3n) is 5.37. The van der Waals surface area contributed by atoms with Crippen LogP contribution in [0.4, 0.5) is 0 Å². The highest BCUT2D eigenvalue weighted by molar-refractivity contribution is 5.96. The van der Waals surface area contributed by atoms with Gasteiger partial charge in [-0.1, -0.05) is 35.9 Å². The summed E-state index contributed by atoms with van der Waals surface area (Å²) in [5.41, 5.74) is 1.24. The Balaban J connectivity index is 1.31. The summed E-state index contributed by atoms with van der Waals surface area (Å²) in [6.07, 6.45) is 0. The van der Waals surface area contributed by atoms with Gasteiger partial charge >= 0.3 is 5.63 Å². The quantitative estimate of drug-likeness (QED) is 0.668. The van der Waals surface area contributed by atoms with Gasteiger partial charge in [-0.25, -0.2) is 4.79 Å². The van der Waals surface area contributed by atoms with E-state index in [2.05, 4.69) is 6.92 Å². The van der Waals surface area contributed by atoms with Gasteiger partial charge in [0.1, 0.15) is 30.0 Å². The predicted molar refractivity (Wildman–Crippen MR) is 111 cm³/mol. The molecule has 1 aromatic heterocycles. The van der Waals surface area contributed by atoms with Crippen LogP contribution in [0.5, 0.6) is 5.75 Å². The molecule has 4 rings (SSSR count). The molecule has 1 fully saturated rings. The number of hydrogen-bond acceptors (Lipinski definition) is 4. The summed E-state index contributed by atoms with van der Waals surface area (Å²) >= 11 is 0. The summed E-state index contributed by atoms with van der Waals surface area (Å²) in [7, 11) is 0. The normalized spacial score (nSPS) is 14.9. The number of nitrogens with zero attached hydrogens (tertiary/aromatic N) is 1. The molecule has 0 saturated carbocycles. The molecule has 2 aromatic carbocycles. The zero-order valence-electron chi connectivity index (χ0n) is 16.5. The Bertz CT molecular complexity index is 1050. The lowest BCUT2D eigenvalue weighted by molar-refractivity contribution is -0.903. The van der Waals surface area contributed by atoms with Crippen molar-refractivity contribution in [3.05, 3.63) is 76.1 Å².